The van der Waals surface area contributed by atoms with Crippen LogP contribution in [0.5, 0.6) is 0 Å². The summed E-state index contributed by atoms with van der Waals surface area (Å²) in [4.78, 5) is 31.4. The summed E-state index contributed by atoms with van der Waals surface area (Å²) in [5, 5.41) is 10.2. The van der Waals surface area contributed by atoms with Crippen molar-refractivity contribution in [2.75, 3.05) is 5.75 Å². The molecule has 0 bridgehead atoms. The van der Waals surface area contributed by atoms with Crippen molar-refractivity contribution >= 4 is 51.0 Å². The van der Waals surface area contributed by atoms with Crippen LogP contribution in [0.1, 0.15) is 30.7 Å². The first-order valence-electron chi connectivity index (χ1n) is 9.03. The molecule has 1 atom stereocenters. The molecular weight excluding hydrogens is 412 g/mol. The number of carboxylic acids is 1. The first kappa shape index (κ1) is 19.5. The molecule has 8 heteroatoms. The molecule has 4 rings (SSSR count). The maximum Gasteiger partial charge on any atom is 0.313 e. The lowest BCUT2D eigenvalue weighted by atomic mass is 9.96. The summed E-state index contributed by atoms with van der Waals surface area (Å²) in [5.74, 6) is -0.178. The third kappa shape index (κ3) is 3.49. The van der Waals surface area contributed by atoms with Gasteiger partial charge < -0.3 is 5.11 Å². The van der Waals surface area contributed by atoms with Gasteiger partial charge in [-0.15, -0.1) is 23.1 Å². The molecule has 1 unspecified atom stereocenters. The number of aliphatic carboxylic acids is 1. The summed E-state index contributed by atoms with van der Waals surface area (Å²) in [6.45, 7) is 4.44. The number of thioether (sulfide) groups is 2. The second-order valence-electron chi connectivity index (χ2n) is 7.01. The highest BCUT2D eigenvalue weighted by Gasteiger charge is 2.33. The van der Waals surface area contributed by atoms with Gasteiger partial charge in [-0.3, -0.25) is 14.2 Å². The Morgan fingerprint density at radius 1 is 1.36 bits per heavy atom. The Balaban J connectivity index is 1.95. The molecule has 146 valence electrons. The van der Waals surface area contributed by atoms with Gasteiger partial charge in [0.1, 0.15) is 4.83 Å². The molecule has 3 heterocycles. The minimum atomic E-state index is -0.931. The zero-order chi connectivity index (χ0) is 19.9. The smallest absolute Gasteiger partial charge is 0.313 e. The van der Waals surface area contributed by atoms with Crippen molar-refractivity contribution < 1.29 is 9.90 Å². The van der Waals surface area contributed by atoms with Crippen molar-refractivity contribution in [3.05, 3.63) is 51.1 Å². The van der Waals surface area contributed by atoms with E-state index in [0.717, 1.165) is 40.8 Å². The zero-order valence-corrected chi connectivity index (χ0v) is 18.0. The van der Waals surface area contributed by atoms with E-state index in [1.54, 1.807) is 15.9 Å². The maximum absolute atomic E-state index is 13.6. The number of thiophene rings is 1. The molecule has 1 aromatic carbocycles. The Bertz CT molecular complexity index is 1110. The SMILES string of the molecule is CCC1(C)Cc2c(sc3nc(SCC(=O)O)n(-c4ccccc4)c(=O)c23)CS1. The third-order valence-corrected chi connectivity index (χ3v) is 8.86. The Hall–Kier alpha value is -1.77. The quantitative estimate of drug-likeness (QED) is 0.470. The first-order chi connectivity index (χ1) is 13.4. The molecule has 28 heavy (non-hydrogen) atoms. The fourth-order valence-electron chi connectivity index (χ4n) is 3.36. The van der Waals surface area contributed by atoms with E-state index in [0.29, 0.717) is 16.2 Å². The summed E-state index contributed by atoms with van der Waals surface area (Å²) >= 11 is 4.59. The third-order valence-electron chi connectivity index (χ3n) is 5.07. The number of hydrogen-bond donors (Lipinski definition) is 1. The number of carbonyl (C=O) groups is 1. The molecule has 1 N–H and O–H groups in total. The van der Waals surface area contributed by atoms with Crippen molar-refractivity contribution in [1.82, 2.24) is 9.55 Å². The van der Waals surface area contributed by atoms with Gasteiger partial charge in [-0.2, -0.15) is 0 Å². The number of nitrogens with zero attached hydrogens (tertiary/aromatic N) is 2. The average Bonchev–Trinajstić information content (AvgIpc) is 3.04. The Morgan fingerprint density at radius 3 is 2.79 bits per heavy atom. The highest BCUT2D eigenvalue weighted by Crippen LogP contribution is 2.45. The summed E-state index contributed by atoms with van der Waals surface area (Å²) in [7, 11) is 0. The van der Waals surface area contributed by atoms with Crippen LogP contribution in [0.25, 0.3) is 15.9 Å². The highest BCUT2D eigenvalue weighted by molar-refractivity contribution is 8.00. The number of carboxylic acid groups (broad SMARTS) is 1. The van der Waals surface area contributed by atoms with Crippen molar-refractivity contribution in [3.8, 4) is 5.69 Å². The molecule has 0 spiro atoms. The van der Waals surface area contributed by atoms with Gasteiger partial charge in [0.05, 0.1) is 16.8 Å². The average molecular weight is 433 g/mol. The number of aromatic nitrogens is 2. The van der Waals surface area contributed by atoms with Crippen LogP contribution in [0.2, 0.25) is 0 Å². The lowest BCUT2D eigenvalue weighted by Gasteiger charge is -2.31. The lowest BCUT2D eigenvalue weighted by molar-refractivity contribution is -0.133. The molecule has 0 saturated heterocycles. The van der Waals surface area contributed by atoms with E-state index in [1.807, 2.05) is 42.1 Å². The number of para-hydroxylation sites is 1. The van der Waals surface area contributed by atoms with Crippen LogP contribution in [0.4, 0.5) is 0 Å². The zero-order valence-electron chi connectivity index (χ0n) is 15.6. The predicted molar refractivity (Wildman–Crippen MR) is 117 cm³/mol. The van der Waals surface area contributed by atoms with Crippen LogP contribution in [0.3, 0.4) is 0 Å². The molecule has 2 aromatic heterocycles. The number of rotatable bonds is 5. The van der Waals surface area contributed by atoms with Gasteiger partial charge in [0.25, 0.3) is 5.56 Å². The number of fused-ring (bicyclic) bond motifs is 3. The minimum Gasteiger partial charge on any atom is -0.481 e. The molecule has 0 aliphatic carbocycles. The van der Waals surface area contributed by atoms with Crippen molar-refractivity contribution in [3.63, 3.8) is 0 Å². The highest BCUT2D eigenvalue weighted by atomic mass is 32.2. The van der Waals surface area contributed by atoms with Crippen molar-refractivity contribution in [2.24, 2.45) is 0 Å². The molecule has 1 aliphatic rings. The van der Waals surface area contributed by atoms with Gasteiger partial charge in [0, 0.05) is 15.4 Å². The number of hydrogen-bond acceptors (Lipinski definition) is 6. The Morgan fingerprint density at radius 2 is 2.11 bits per heavy atom. The van der Waals surface area contributed by atoms with E-state index < -0.39 is 5.97 Å². The van der Waals surface area contributed by atoms with Crippen LogP contribution in [-0.2, 0) is 17.0 Å². The minimum absolute atomic E-state index is 0.105. The van der Waals surface area contributed by atoms with Crippen LogP contribution in [0, 0.1) is 0 Å². The molecule has 3 aromatic rings. The summed E-state index contributed by atoms with van der Waals surface area (Å²) in [6.07, 6.45) is 1.90. The van der Waals surface area contributed by atoms with Crippen LogP contribution >= 0.6 is 34.9 Å². The van der Waals surface area contributed by atoms with E-state index in [-0.39, 0.29) is 16.1 Å². The van der Waals surface area contributed by atoms with Gasteiger partial charge in [0.2, 0.25) is 0 Å². The monoisotopic (exact) mass is 432 g/mol. The first-order valence-corrected chi connectivity index (χ1v) is 11.8. The standard InChI is InChI=1S/C20H20N2O3S3/c1-3-20(2)9-13-14(10-27-20)28-17-16(13)18(25)22(12-7-5-4-6-8-12)19(21-17)26-11-15(23)24/h4-8H,3,9-11H2,1-2H3,(H,23,24). The van der Waals surface area contributed by atoms with E-state index in [4.69, 9.17) is 10.1 Å². The largest absolute Gasteiger partial charge is 0.481 e. The lowest BCUT2D eigenvalue weighted by Crippen LogP contribution is -2.28. The Kier molecular flexibility index (Phi) is 5.28. The van der Waals surface area contributed by atoms with Crippen LogP contribution < -0.4 is 5.56 Å². The van der Waals surface area contributed by atoms with E-state index >= 15 is 0 Å². The summed E-state index contributed by atoms with van der Waals surface area (Å²) in [5.41, 5.74) is 1.73. The maximum atomic E-state index is 13.6. The van der Waals surface area contributed by atoms with Crippen molar-refractivity contribution in [1.29, 1.82) is 0 Å². The fourth-order valence-corrected chi connectivity index (χ4v) is 6.63. The topological polar surface area (TPSA) is 72.2 Å². The molecule has 5 nitrogen and oxygen atoms in total. The van der Waals surface area contributed by atoms with Crippen molar-refractivity contribution in [2.45, 2.75) is 42.3 Å². The van der Waals surface area contributed by atoms with Gasteiger partial charge in [-0.1, -0.05) is 43.8 Å². The Labute approximate surface area is 175 Å². The second kappa shape index (κ2) is 7.57. The van der Waals surface area contributed by atoms with Gasteiger partial charge in [0.15, 0.2) is 5.16 Å². The normalized spacial score (nSPS) is 18.9. The molecule has 1 aliphatic heterocycles. The van der Waals surface area contributed by atoms with E-state index in [2.05, 4.69) is 13.8 Å². The second-order valence-corrected chi connectivity index (χ2v) is 10.6. The van der Waals surface area contributed by atoms with Crippen LogP contribution in [-0.4, -0.2) is 31.1 Å². The van der Waals surface area contributed by atoms with Gasteiger partial charge in [-0.05, 0) is 30.5 Å². The molecule has 0 amide bonds. The van der Waals surface area contributed by atoms with Gasteiger partial charge >= 0.3 is 5.97 Å². The predicted octanol–water partition coefficient (Wildman–Crippen LogP) is 4.58. The molecule has 0 radical (unpaired) electrons. The molecule has 0 fully saturated rings. The van der Waals surface area contributed by atoms with E-state index in [9.17, 15) is 9.59 Å². The van der Waals surface area contributed by atoms with Crippen LogP contribution in [0.15, 0.2) is 40.3 Å². The molecule has 0 saturated carbocycles. The van der Waals surface area contributed by atoms with E-state index in [1.165, 1.54) is 4.88 Å². The number of benzene rings is 1. The molecular formula is C20H20N2O3S3. The summed E-state index contributed by atoms with van der Waals surface area (Å²) < 4.78 is 1.69. The van der Waals surface area contributed by atoms with Gasteiger partial charge in [-0.25, -0.2) is 4.98 Å². The summed E-state index contributed by atoms with van der Waals surface area (Å²) in [6, 6.07) is 9.33. The fraction of sp³-hybridized carbons (Fsp3) is 0.350.